The van der Waals surface area contributed by atoms with Crippen LogP contribution in [0.4, 0.5) is 5.69 Å². The van der Waals surface area contributed by atoms with Gasteiger partial charge in [0.25, 0.3) is 10.0 Å². The van der Waals surface area contributed by atoms with Gasteiger partial charge >= 0.3 is 5.97 Å². The number of halogens is 1. The normalized spacial score (nSPS) is 10.9. The molecular weight excluding hydrogens is 382 g/mol. The number of esters is 1. The molecule has 0 aromatic heterocycles. The number of anilines is 1. The molecule has 9 heteroatoms. The Hall–Kier alpha value is -2.45. The SMILES string of the molecule is COC(=O)CN(c1cc(OC)c(Cl)cc1OC)S(=O)(=O)c1ccccc1. The Labute approximate surface area is 157 Å². The van der Waals surface area contributed by atoms with Crippen LogP contribution >= 0.6 is 11.6 Å². The first kappa shape index (κ1) is 19.9. The van der Waals surface area contributed by atoms with E-state index in [0.29, 0.717) is 0 Å². The fraction of sp³-hybridized carbons (Fsp3) is 0.235. The molecular formula is C17H18ClNO6S. The van der Waals surface area contributed by atoms with Crippen LogP contribution in [0.25, 0.3) is 0 Å². The molecule has 0 saturated heterocycles. The third-order valence-corrected chi connectivity index (χ3v) is 5.62. The molecule has 0 unspecified atom stereocenters. The van der Waals surface area contributed by atoms with Gasteiger partial charge in [-0.2, -0.15) is 0 Å². The highest BCUT2D eigenvalue weighted by Crippen LogP contribution is 2.40. The van der Waals surface area contributed by atoms with Crippen molar-refractivity contribution in [1.29, 1.82) is 0 Å². The molecule has 0 aliphatic rings. The molecule has 0 fully saturated rings. The second-order valence-corrected chi connectivity index (χ2v) is 7.33. The molecule has 0 aliphatic heterocycles. The Balaban J connectivity index is 2.68. The minimum absolute atomic E-state index is 0.0138. The van der Waals surface area contributed by atoms with E-state index in [-0.39, 0.29) is 27.1 Å². The fourth-order valence-electron chi connectivity index (χ4n) is 2.24. The summed E-state index contributed by atoms with van der Waals surface area (Å²) < 4.78 is 42.2. The first-order valence-electron chi connectivity index (χ1n) is 7.41. The van der Waals surface area contributed by atoms with Crippen molar-refractivity contribution in [2.45, 2.75) is 4.90 Å². The van der Waals surface area contributed by atoms with Crippen molar-refractivity contribution in [3.8, 4) is 11.5 Å². The highest BCUT2D eigenvalue weighted by atomic mass is 35.5. The maximum absolute atomic E-state index is 13.1. The Morgan fingerprint density at radius 3 is 2.19 bits per heavy atom. The standard InChI is InChI=1S/C17H18ClNO6S/c1-23-15-10-14(16(24-2)9-13(15)18)19(11-17(20)25-3)26(21,22)12-7-5-4-6-8-12/h4-10H,11H2,1-3H3. The molecule has 0 atom stereocenters. The van der Waals surface area contributed by atoms with Gasteiger partial charge in [0.1, 0.15) is 18.0 Å². The largest absolute Gasteiger partial charge is 0.495 e. The number of benzene rings is 2. The van der Waals surface area contributed by atoms with Crippen molar-refractivity contribution >= 4 is 33.3 Å². The Kier molecular flexibility index (Phi) is 6.33. The lowest BCUT2D eigenvalue weighted by Crippen LogP contribution is -2.36. The third-order valence-electron chi connectivity index (χ3n) is 3.55. The van der Waals surface area contributed by atoms with Gasteiger partial charge in [0.15, 0.2) is 0 Å². The summed E-state index contributed by atoms with van der Waals surface area (Å²) in [6.45, 7) is -0.547. The molecule has 2 rings (SSSR count). The number of carbonyl (C=O) groups excluding carboxylic acids is 1. The maximum atomic E-state index is 13.1. The van der Waals surface area contributed by atoms with Crippen LogP contribution in [0.3, 0.4) is 0 Å². The van der Waals surface area contributed by atoms with Gasteiger partial charge in [-0.3, -0.25) is 9.10 Å². The van der Waals surface area contributed by atoms with E-state index in [1.807, 2.05) is 0 Å². The van der Waals surface area contributed by atoms with E-state index in [4.69, 9.17) is 21.1 Å². The monoisotopic (exact) mass is 399 g/mol. The van der Waals surface area contributed by atoms with Gasteiger partial charge < -0.3 is 14.2 Å². The zero-order valence-corrected chi connectivity index (χ0v) is 16.0. The van der Waals surface area contributed by atoms with E-state index in [2.05, 4.69) is 4.74 Å². The van der Waals surface area contributed by atoms with Crippen molar-refractivity contribution in [2.75, 3.05) is 32.2 Å². The average molecular weight is 400 g/mol. The van der Waals surface area contributed by atoms with Crippen molar-refractivity contribution in [3.05, 3.63) is 47.5 Å². The smallest absolute Gasteiger partial charge is 0.326 e. The van der Waals surface area contributed by atoms with Crippen LogP contribution in [-0.2, 0) is 19.6 Å². The number of sulfonamides is 1. The van der Waals surface area contributed by atoms with Gasteiger partial charge in [-0.25, -0.2) is 8.42 Å². The fourth-order valence-corrected chi connectivity index (χ4v) is 3.90. The van der Waals surface area contributed by atoms with E-state index < -0.39 is 22.5 Å². The Bertz CT molecular complexity index is 886. The lowest BCUT2D eigenvalue weighted by Gasteiger charge is -2.25. The van der Waals surface area contributed by atoms with E-state index in [0.717, 1.165) is 4.31 Å². The number of nitrogens with zero attached hydrogens (tertiary/aromatic N) is 1. The van der Waals surface area contributed by atoms with E-state index in [1.54, 1.807) is 18.2 Å². The predicted octanol–water partition coefficient (Wildman–Crippen LogP) is 2.73. The molecule has 2 aromatic rings. The van der Waals surface area contributed by atoms with Crippen LogP contribution in [0, 0.1) is 0 Å². The Morgan fingerprint density at radius 1 is 1.04 bits per heavy atom. The summed E-state index contributed by atoms with van der Waals surface area (Å²) in [5.74, 6) is -0.333. The molecule has 0 saturated carbocycles. The zero-order chi connectivity index (χ0) is 19.3. The first-order valence-corrected chi connectivity index (χ1v) is 9.23. The molecule has 0 spiro atoms. The lowest BCUT2D eigenvalue weighted by atomic mass is 10.2. The van der Waals surface area contributed by atoms with E-state index in [1.165, 1.54) is 45.6 Å². The topological polar surface area (TPSA) is 82.1 Å². The highest BCUT2D eigenvalue weighted by Gasteiger charge is 2.30. The summed E-state index contributed by atoms with van der Waals surface area (Å²) in [5, 5.41) is 0.239. The summed E-state index contributed by atoms with van der Waals surface area (Å²) in [6, 6.07) is 10.5. The highest BCUT2D eigenvalue weighted by molar-refractivity contribution is 7.92. The van der Waals surface area contributed by atoms with Gasteiger partial charge in [0, 0.05) is 12.1 Å². The molecule has 0 N–H and O–H groups in total. The summed E-state index contributed by atoms with van der Waals surface area (Å²) in [6.07, 6.45) is 0. The van der Waals surface area contributed by atoms with Crippen LogP contribution in [0.15, 0.2) is 47.4 Å². The van der Waals surface area contributed by atoms with Gasteiger partial charge in [-0.1, -0.05) is 29.8 Å². The number of hydrogen-bond acceptors (Lipinski definition) is 6. The van der Waals surface area contributed by atoms with E-state index in [9.17, 15) is 13.2 Å². The van der Waals surface area contributed by atoms with Crippen molar-refractivity contribution in [2.24, 2.45) is 0 Å². The molecule has 0 bridgehead atoms. The van der Waals surface area contributed by atoms with Gasteiger partial charge in [0.05, 0.1) is 36.9 Å². The molecule has 2 aromatic carbocycles. The molecule has 0 radical (unpaired) electrons. The number of methoxy groups -OCH3 is 3. The van der Waals surface area contributed by atoms with Crippen LogP contribution in [0.2, 0.25) is 5.02 Å². The number of carbonyl (C=O) groups is 1. The van der Waals surface area contributed by atoms with Crippen molar-refractivity contribution in [1.82, 2.24) is 0 Å². The van der Waals surface area contributed by atoms with E-state index >= 15 is 0 Å². The number of rotatable bonds is 7. The maximum Gasteiger partial charge on any atom is 0.326 e. The minimum atomic E-state index is -4.08. The predicted molar refractivity (Wildman–Crippen MR) is 97.5 cm³/mol. The minimum Gasteiger partial charge on any atom is -0.495 e. The second-order valence-electron chi connectivity index (χ2n) is 5.06. The Morgan fingerprint density at radius 2 is 1.65 bits per heavy atom. The van der Waals surface area contributed by atoms with Crippen LogP contribution < -0.4 is 13.8 Å². The van der Waals surface area contributed by atoms with Crippen LogP contribution in [0.5, 0.6) is 11.5 Å². The first-order chi connectivity index (χ1) is 12.3. The quantitative estimate of drug-likeness (QED) is 0.666. The molecule has 26 heavy (non-hydrogen) atoms. The lowest BCUT2D eigenvalue weighted by molar-refractivity contribution is -0.138. The molecule has 0 heterocycles. The number of ether oxygens (including phenoxy) is 3. The molecule has 0 aliphatic carbocycles. The summed E-state index contributed by atoms with van der Waals surface area (Å²) in [5.41, 5.74) is 0.100. The molecule has 7 nitrogen and oxygen atoms in total. The van der Waals surface area contributed by atoms with Crippen LogP contribution in [-0.4, -0.2) is 42.3 Å². The summed E-state index contributed by atoms with van der Waals surface area (Å²) >= 11 is 6.08. The molecule has 140 valence electrons. The number of hydrogen-bond donors (Lipinski definition) is 0. The van der Waals surface area contributed by atoms with Crippen LogP contribution in [0.1, 0.15) is 0 Å². The average Bonchev–Trinajstić information content (AvgIpc) is 2.66. The second kappa shape index (κ2) is 8.29. The van der Waals surface area contributed by atoms with Crippen molar-refractivity contribution < 1.29 is 27.4 Å². The van der Waals surface area contributed by atoms with Gasteiger partial charge in [-0.15, -0.1) is 0 Å². The zero-order valence-electron chi connectivity index (χ0n) is 14.4. The van der Waals surface area contributed by atoms with Gasteiger partial charge in [0.2, 0.25) is 0 Å². The van der Waals surface area contributed by atoms with Crippen molar-refractivity contribution in [3.63, 3.8) is 0 Å². The van der Waals surface area contributed by atoms with Gasteiger partial charge in [-0.05, 0) is 12.1 Å². The third kappa shape index (κ3) is 4.03. The summed E-state index contributed by atoms with van der Waals surface area (Å²) in [4.78, 5) is 11.9. The summed E-state index contributed by atoms with van der Waals surface area (Å²) in [7, 11) is -0.135. The molecule has 0 amide bonds.